The van der Waals surface area contributed by atoms with Gasteiger partial charge in [-0.15, -0.1) is 11.3 Å². The first-order valence-corrected chi connectivity index (χ1v) is 7.34. The zero-order chi connectivity index (χ0) is 13.0. The van der Waals surface area contributed by atoms with Crippen LogP contribution in [0.4, 0.5) is 0 Å². The lowest BCUT2D eigenvalue weighted by Gasteiger charge is -2.14. The molecule has 0 radical (unpaired) electrons. The summed E-state index contributed by atoms with van der Waals surface area (Å²) in [4.78, 5) is 5.79. The first kappa shape index (κ1) is 13.3. The molecule has 0 fully saturated rings. The smallest absolute Gasteiger partial charge is 0.111 e. The van der Waals surface area contributed by atoms with Gasteiger partial charge in [0.25, 0.3) is 0 Å². The molecule has 18 heavy (non-hydrogen) atoms. The van der Waals surface area contributed by atoms with Crippen molar-refractivity contribution in [3.05, 3.63) is 40.6 Å². The number of rotatable bonds is 6. The Morgan fingerprint density at radius 1 is 1.39 bits per heavy atom. The maximum Gasteiger partial charge on any atom is 0.111 e. The molecule has 0 amide bonds. The van der Waals surface area contributed by atoms with Crippen LogP contribution in [0.5, 0.6) is 0 Å². The van der Waals surface area contributed by atoms with Crippen LogP contribution in [-0.2, 0) is 6.54 Å². The van der Waals surface area contributed by atoms with Gasteiger partial charge >= 0.3 is 0 Å². The van der Waals surface area contributed by atoms with Gasteiger partial charge in [0, 0.05) is 42.3 Å². The van der Waals surface area contributed by atoms with E-state index in [0.717, 1.165) is 13.1 Å². The largest absolute Gasteiger partial charge is 0.333 e. The molecule has 0 saturated carbocycles. The third kappa shape index (κ3) is 3.21. The van der Waals surface area contributed by atoms with Crippen molar-refractivity contribution in [3.63, 3.8) is 0 Å². The summed E-state index contributed by atoms with van der Waals surface area (Å²) in [7, 11) is 0. The molecule has 4 heteroatoms. The fraction of sp³-hybridized carbons (Fsp3) is 0.500. The Morgan fingerprint density at radius 3 is 2.89 bits per heavy atom. The van der Waals surface area contributed by atoms with Crippen molar-refractivity contribution in [1.29, 1.82) is 0 Å². The first-order valence-electron chi connectivity index (χ1n) is 6.46. The van der Waals surface area contributed by atoms with E-state index in [-0.39, 0.29) is 0 Å². The highest BCUT2D eigenvalue weighted by atomic mass is 32.1. The van der Waals surface area contributed by atoms with Crippen molar-refractivity contribution in [2.24, 2.45) is 0 Å². The fourth-order valence-electron chi connectivity index (χ4n) is 2.05. The van der Waals surface area contributed by atoms with Crippen LogP contribution in [0.2, 0.25) is 0 Å². The molecule has 2 aromatic heterocycles. The predicted molar refractivity (Wildman–Crippen MR) is 77.1 cm³/mol. The number of aromatic nitrogens is 2. The van der Waals surface area contributed by atoms with E-state index in [0.29, 0.717) is 12.0 Å². The average molecular weight is 263 g/mol. The molecule has 3 nitrogen and oxygen atoms in total. The quantitative estimate of drug-likeness (QED) is 0.865. The Kier molecular flexibility index (Phi) is 4.55. The maximum absolute atomic E-state index is 4.40. The summed E-state index contributed by atoms with van der Waals surface area (Å²) in [6, 6.07) is 4.71. The van der Waals surface area contributed by atoms with Crippen molar-refractivity contribution >= 4 is 11.3 Å². The topological polar surface area (TPSA) is 29.9 Å². The molecule has 0 aliphatic carbocycles. The van der Waals surface area contributed by atoms with Crippen LogP contribution in [0.25, 0.3) is 0 Å². The summed E-state index contributed by atoms with van der Waals surface area (Å²) in [6.07, 6.45) is 3.95. The molecular weight excluding hydrogens is 242 g/mol. The van der Waals surface area contributed by atoms with E-state index in [2.05, 4.69) is 59.3 Å². The summed E-state index contributed by atoms with van der Waals surface area (Å²) in [5, 5.41) is 5.68. The molecule has 0 aromatic carbocycles. The molecule has 0 aliphatic heterocycles. The monoisotopic (exact) mass is 263 g/mol. The number of thiophene rings is 1. The highest BCUT2D eigenvalue weighted by Crippen LogP contribution is 2.18. The van der Waals surface area contributed by atoms with Crippen molar-refractivity contribution < 1.29 is 0 Å². The summed E-state index contributed by atoms with van der Waals surface area (Å²) in [5.41, 5.74) is 0. The van der Waals surface area contributed by atoms with Gasteiger partial charge in [-0.2, -0.15) is 0 Å². The molecule has 1 N–H and O–H groups in total. The Bertz CT molecular complexity index is 459. The second-order valence-electron chi connectivity index (χ2n) is 4.82. The lowest BCUT2D eigenvalue weighted by atomic mass is 10.2. The minimum atomic E-state index is 0.427. The van der Waals surface area contributed by atoms with Crippen LogP contribution >= 0.6 is 11.3 Å². The van der Waals surface area contributed by atoms with Gasteiger partial charge in [0.05, 0.1) is 0 Å². The Labute approximate surface area is 113 Å². The lowest BCUT2D eigenvalue weighted by Crippen LogP contribution is -2.23. The van der Waals surface area contributed by atoms with Crippen molar-refractivity contribution in [2.45, 2.75) is 39.3 Å². The summed E-state index contributed by atoms with van der Waals surface area (Å²) >= 11 is 1.81. The highest BCUT2D eigenvalue weighted by molar-refractivity contribution is 7.10. The minimum absolute atomic E-state index is 0.427. The van der Waals surface area contributed by atoms with E-state index in [4.69, 9.17) is 0 Å². The number of imidazole rings is 1. The standard InChI is InChI=1S/C14H21N3S/c1-11(2)14-16-7-9-17(14)8-6-15-12(3)13-5-4-10-18-13/h4-5,7,9-12,15H,6,8H2,1-3H3. The molecule has 2 aromatic rings. The number of hydrogen-bond donors (Lipinski definition) is 1. The molecule has 1 unspecified atom stereocenters. The van der Waals surface area contributed by atoms with Crippen LogP contribution in [-0.4, -0.2) is 16.1 Å². The van der Waals surface area contributed by atoms with Gasteiger partial charge in [-0.25, -0.2) is 4.98 Å². The summed E-state index contributed by atoms with van der Waals surface area (Å²) in [5.74, 6) is 1.65. The summed E-state index contributed by atoms with van der Waals surface area (Å²) in [6.45, 7) is 8.52. The van der Waals surface area contributed by atoms with E-state index in [1.807, 2.05) is 6.20 Å². The van der Waals surface area contributed by atoms with Crippen LogP contribution in [0.3, 0.4) is 0 Å². The summed E-state index contributed by atoms with van der Waals surface area (Å²) < 4.78 is 2.23. The third-order valence-corrected chi connectivity index (χ3v) is 4.09. The van der Waals surface area contributed by atoms with Gasteiger partial charge in [-0.1, -0.05) is 19.9 Å². The van der Waals surface area contributed by atoms with E-state index < -0.39 is 0 Å². The molecule has 2 heterocycles. The van der Waals surface area contributed by atoms with Gasteiger partial charge in [0.15, 0.2) is 0 Å². The van der Waals surface area contributed by atoms with E-state index in [1.54, 1.807) is 11.3 Å². The van der Waals surface area contributed by atoms with Gasteiger partial charge < -0.3 is 9.88 Å². The molecule has 0 spiro atoms. The molecular formula is C14H21N3S. The van der Waals surface area contributed by atoms with Gasteiger partial charge in [-0.05, 0) is 18.4 Å². The van der Waals surface area contributed by atoms with Crippen LogP contribution in [0.15, 0.2) is 29.9 Å². The molecule has 0 bridgehead atoms. The van der Waals surface area contributed by atoms with Crippen molar-refractivity contribution in [1.82, 2.24) is 14.9 Å². The number of nitrogens with one attached hydrogen (secondary N) is 1. The predicted octanol–water partition coefficient (Wildman–Crippen LogP) is 3.42. The Hall–Kier alpha value is -1.13. The molecule has 0 aliphatic rings. The Balaban J connectivity index is 1.83. The SMILES string of the molecule is CC(C)c1nccn1CCNC(C)c1cccs1. The number of hydrogen-bond acceptors (Lipinski definition) is 3. The van der Waals surface area contributed by atoms with E-state index in [1.165, 1.54) is 10.7 Å². The van der Waals surface area contributed by atoms with E-state index >= 15 is 0 Å². The lowest BCUT2D eigenvalue weighted by molar-refractivity contribution is 0.520. The second-order valence-corrected chi connectivity index (χ2v) is 5.80. The van der Waals surface area contributed by atoms with E-state index in [9.17, 15) is 0 Å². The maximum atomic E-state index is 4.40. The van der Waals surface area contributed by atoms with Crippen LogP contribution in [0, 0.1) is 0 Å². The molecule has 0 saturated heterocycles. The van der Waals surface area contributed by atoms with Crippen LogP contribution in [0.1, 0.15) is 43.4 Å². The molecule has 2 rings (SSSR count). The average Bonchev–Trinajstić information content (AvgIpc) is 2.99. The van der Waals surface area contributed by atoms with Crippen molar-refractivity contribution in [3.8, 4) is 0 Å². The third-order valence-electron chi connectivity index (χ3n) is 3.04. The zero-order valence-electron chi connectivity index (χ0n) is 11.3. The fourth-order valence-corrected chi connectivity index (χ4v) is 2.81. The van der Waals surface area contributed by atoms with Crippen molar-refractivity contribution in [2.75, 3.05) is 6.54 Å². The van der Waals surface area contributed by atoms with Gasteiger partial charge in [0.2, 0.25) is 0 Å². The normalized spacial score (nSPS) is 13.1. The number of nitrogens with zero attached hydrogens (tertiary/aromatic N) is 2. The second kappa shape index (κ2) is 6.16. The minimum Gasteiger partial charge on any atom is -0.333 e. The van der Waals surface area contributed by atoms with Gasteiger partial charge in [-0.3, -0.25) is 0 Å². The Morgan fingerprint density at radius 2 is 2.22 bits per heavy atom. The molecule has 98 valence electrons. The zero-order valence-corrected chi connectivity index (χ0v) is 12.1. The first-order chi connectivity index (χ1) is 8.68. The van der Waals surface area contributed by atoms with Crippen LogP contribution < -0.4 is 5.32 Å². The molecule has 1 atom stereocenters. The van der Waals surface area contributed by atoms with Gasteiger partial charge in [0.1, 0.15) is 5.82 Å². The highest BCUT2D eigenvalue weighted by Gasteiger charge is 2.08.